The molecule has 12 heavy (non-hydrogen) atoms. The zero-order valence-electron chi connectivity index (χ0n) is 6.08. The van der Waals surface area contributed by atoms with E-state index in [9.17, 15) is 8.42 Å². The van der Waals surface area contributed by atoms with Crippen molar-refractivity contribution in [3.63, 3.8) is 0 Å². The maximum absolute atomic E-state index is 10.6. The monoisotopic (exact) mass is 188 g/mol. The van der Waals surface area contributed by atoms with E-state index in [1.807, 2.05) is 0 Å². The van der Waals surface area contributed by atoms with Crippen molar-refractivity contribution in [3.05, 3.63) is 24.3 Å². The molecular weight excluding hydrogens is 180 g/mol. The molecule has 0 amide bonds. The van der Waals surface area contributed by atoms with E-state index in [0.717, 1.165) is 0 Å². The lowest BCUT2D eigenvalue weighted by atomic mass is 10.2. The standard InChI is InChI=1S/C6H8N2O3S/c7-8-5-1-3-6(4-2-5)12(9,10)11/h1-4,6H,7H2,(H,9,10,11). The molecule has 0 saturated heterocycles. The molecule has 0 saturated carbocycles. The maximum atomic E-state index is 10.6. The van der Waals surface area contributed by atoms with Crippen molar-refractivity contribution < 1.29 is 13.0 Å². The van der Waals surface area contributed by atoms with E-state index >= 15 is 0 Å². The quantitative estimate of drug-likeness (QED) is 0.335. The Morgan fingerprint density at radius 1 is 1.42 bits per heavy atom. The summed E-state index contributed by atoms with van der Waals surface area (Å²) in [4.78, 5) is 0. The van der Waals surface area contributed by atoms with Crippen LogP contribution in [0.3, 0.4) is 0 Å². The van der Waals surface area contributed by atoms with Crippen LogP contribution in [0.4, 0.5) is 0 Å². The Balaban J connectivity index is 2.89. The lowest BCUT2D eigenvalue weighted by Crippen LogP contribution is -2.18. The smallest absolute Gasteiger partial charge is 0.275 e. The average molecular weight is 188 g/mol. The highest BCUT2D eigenvalue weighted by Crippen LogP contribution is 2.07. The third kappa shape index (κ3) is 1.93. The first-order chi connectivity index (χ1) is 5.54. The highest BCUT2D eigenvalue weighted by molar-refractivity contribution is 7.86. The summed E-state index contributed by atoms with van der Waals surface area (Å²) in [5, 5.41) is 2.35. The Labute approximate surface area is 70.0 Å². The third-order valence-corrected chi connectivity index (χ3v) is 2.41. The summed E-state index contributed by atoms with van der Waals surface area (Å²) < 4.78 is 29.7. The molecule has 0 aliphatic heterocycles. The second kappa shape index (κ2) is 3.08. The number of nitrogens with zero attached hydrogens (tertiary/aromatic N) is 1. The molecule has 0 spiro atoms. The fourth-order valence-corrected chi connectivity index (χ4v) is 1.35. The minimum absolute atomic E-state index is 0.468. The molecule has 0 heterocycles. The van der Waals surface area contributed by atoms with Crippen LogP contribution in [-0.4, -0.2) is 23.9 Å². The Morgan fingerprint density at radius 3 is 2.25 bits per heavy atom. The molecule has 0 fully saturated rings. The van der Waals surface area contributed by atoms with E-state index in [1.54, 1.807) is 0 Å². The number of hydrazone groups is 1. The number of rotatable bonds is 1. The summed E-state index contributed by atoms with van der Waals surface area (Å²) in [5.74, 6) is 4.93. The average Bonchev–Trinajstić information content (AvgIpc) is 2.03. The SMILES string of the molecule is NN=C1C=CC(S(=O)(=O)O)C=C1. The predicted molar refractivity (Wildman–Crippen MR) is 45.2 cm³/mol. The van der Waals surface area contributed by atoms with Crippen molar-refractivity contribution in [2.24, 2.45) is 10.9 Å². The molecule has 1 aliphatic rings. The first kappa shape index (κ1) is 8.95. The van der Waals surface area contributed by atoms with E-state index in [-0.39, 0.29) is 0 Å². The van der Waals surface area contributed by atoms with Gasteiger partial charge in [0.2, 0.25) is 0 Å². The van der Waals surface area contributed by atoms with Crippen LogP contribution < -0.4 is 5.84 Å². The fourth-order valence-electron chi connectivity index (χ4n) is 0.791. The molecule has 1 rings (SSSR count). The Morgan fingerprint density at radius 2 is 1.92 bits per heavy atom. The van der Waals surface area contributed by atoms with Gasteiger partial charge in [0.1, 0.15) is 5.25 Å². The normalized spacial score (nSPS) is 22.8. The number of hydrogen-bond acceptors (Lipinski definition) is 4. The van der Waals surface area contributed by atoms with Gasteiger partial charge in [-0.1, -0.05) is 12.2 Å². The van der Waals surface area contributed by atoms with Crippen molar-refractivity contribution in [1.29, 1.82) is 0 Å². The van der Waals surface area contributed by atoms with E-state index in [4.69, 9.17) is 10.4 Å². The molecule has 1 aliphatic carbocycles. The first-order valence-corrected chi connectivity index (χ1v) is 4.65. The Kier molecular flexibility index (Phi) is 2.30. The van der Waals surface area contributed by atoms with Crippen molar-refractivity contribution in [3.8, 4) is 0 Å². The molecule has 0 bridgehead atoms. The molecule has 5 nitrogen and oxygen atoms in total. The minimum Gasteiger partial charge on any atom is -0.323 e. The number of nitrogens with two attached hydrogens (primary N) is 1. The molecule has 0 unspecified atom stereocenters. The third-order valence-electron chi connectivity index (χ3n) is 1.41. The minimum atomic E-state index is -4.03. The van der Waals surface area contributed by atoms with Crippen LogP contribution in [-0.2, 0) is 10.1 Å². The zero-order chi connectivity index (χ0) is 9.19. The molecule has 6 heteroatoms. The number of allylic oxidation sites excluding steroid dienone is 2. The topological polar surface area (TPSA) is 92.8 Å². The van der Waals surface area contributed by atoms with Crippen LogP contribution >= 0.6 is 0 Å². The van der Waals surface area contributed by atoms with Crippen LogP contribution in [0.2, 0.25) is 0 Å². The van der Waals surface area contributed by atoms with E-state index < -0.39 is 15.4 Å². The van der Waals surface area contributed by atoms with Gasteiger partial charge in [0.25, 0.3) is 10.1 Å². The Hall–Kier alpha value is -1.14. The maximum Gasteiger partial charge on any atom is 0.275 e. The Bertz CT molecular complexity index is 337. The van der Waals surface area contributed by atoms with Gasteiger partial charge in [-0.15, -0.1) is 0 Å². The van der Waals surface area contributed by atoms with Gasteiger partial charge in [-0.3, -0.25) is 4.55 Å². The summed E-state index contributed by atoms with van der Waals surface area (Å²) in [7, 11) is -4.03. The summed E-state index contributed by atoms with van der Waals surface area (Å²) in [6.45, 7) is 0. The van der Waals surface area contributed by atoms with Crippen molar-refractivity contribution in [2.45, 2.75) is 5.25 Å². The molecule has 0 radical (unpaired) electrons. The van der Waals surface area contributed by atoms with Crippen LogP contribution in [0, 0.1) is 0 Å². The van der Waals surface area contributed by atoms with Crippen molar-refractivity contribution >= 4 is 15.8 Å². The molecule has 0 aromatic carbocycles. The second-order valence-corrected chi connectivity index (χ2v) is 3.83. The molecule has 66 valence electrons. The van der Waals surface area contributed by atoms with Gasteiger partial charge in [0.05, 0.1) is 5.71 Å². The summed E-state index contributed by atoms with van der Waals surface area (Å²) in [5.41, 5.74) is 0.468. The van der Waals surface area contributed by atoms with E-state index in [0.29, 0.717) is 5.71 Å². The molecular formula is C6H8N2O3S. The summed E-state index contributed by atoms with van der Waals surface area (Å²) in [6, 6.07) is 0. The molecule has 0 atom stereocenters. The highest BCUT2D eigenvalue weighted by Gasteiger charge is 2.18. The molecule has 3 N–H and O–H groups in total. The van der Waals surface area contributed by atoms with Crippen molar-refractivity contribution in [1.82, 2.24) is 0 Å². The van der Waals surface area contributed by atoms with Crippen LogP contribution in [0.5, 0.6) is 0 Å². The van der Waals surface area contributed by atoms with E-state index in [1.165, 1.54) is 24.3 Å². The molecule has 0 aromatic heterocycles. The number of hydrogen-bond donors (Lipinski definition) is 2. The summed E-state index contributed by atoms with van der Waals surface area (Å²) in [6.07, 6.45) is 5.47. The summed E-state index contributed by atoms with van der Waals surface area (Å²) >= 11 is 0. The van der Waals surface area contributed by atoms with Crippen LogP contribution in [0.15, 0.2) is 29.4 Å². The highest BCUT2D eigenvalue weighted by atomic mass is 32.2. The van der Waals surface area contributed by atoms with Gasteiger partial charge < -0.3 is 5.84 Å². The predicted octanol–water partition coefficient (Wildman–Crippen LogP) is -0.316. The van der Waals surface area contributed by atoms with Gasteiger partial charge >= 0.3 is 0 Å². The van der Waals surface area contributed by atoms with E-state index in [2.05, 4.69) is 5.10 Å². The zero-order valence-corrected chi connectivity index (χ0v) is 6.90. The van der Waals surface area contributed by atoms with Gasteiger partial charge in [0.15, 0.2) is 0 Å². The lowest BCUT2D eigenvalue weighted by Gasteiger charge is -2.06. The van der Waals surface area contributed by atoms with Gasteiger partial charge in [0, 0.05) is 0 Å². The van der Waals surface area contributed by atoms with Gasteiger partial charge in [-0.2, -0.15) is 13.5 Å². The van der Waals surface area contributed by atoms with Crippen LogP contribution in [0.25, 0.3) is 0 Å². The second-order valence-electron chi connectivity index (χ2n) is 2.25. The first-order valence-electron chi connectivity index (χ1n) is 3.14. The fraction of sp³-hybridized carbons (Fsp3) is 0.167. The molecule has 0 aromatic rings. The van der Waals surface area contributed by atoms with Gasteiger partial charge in [-0.05, 0) is 12.2 Å². The lowest BCUT2D eigenvalue weighted by molar-refractivity contribution is 0.481. The van der Waals surface area contributed by atoms with Crippen molar-refractivity contribution in [2.75, 3.05) is 0 Å². The van der Waals surface area contributed by atoms with Gasteiger partial charge in [-0.25, -0.2) is 0 Å². The largest absolute Gasteiger partial charge is 0.323 e. The van der Waals surface area contributed by atoms with Crippen LogP contribution in [0.1, 0.15) is 0 Å².